The second-order valence-corrected chi connectivity index (χ2v) is 5.34. The highest BCUT2D eigenvalue weighted by Gasteiger charge is 2.33. The molecule has 1 aromatic heterocycles. The molecule has 1 aliphatic heterocycles. The van der Waals surface area contributed by atoms with Gasteiger partial charge in [0.1, 0.15) is 5.75 Å². The Hall–Kier alpha value is -1.13. The van der Waals surface area contributed by atoms with Gasteiger partial charge in [0, 0.05) is 24.3 Å². The number of nitrogens with zero attached hydrogens (tertiary/aromatic N) is 1. The molecule has 0 amide bonds. The van der Waals surface area contributed by atoms with Gasteiger partial charge in [-0.25, -0.2) is 0 Å². The number of aromatic nitrogens is 1. The summed E-state index contributed by atoms with van der Waals surface area (Å²) < 4.78 is 11.3. The van der Waals surface area contributed by atoms with E-state index in [2.05, 4.69) is 11.9 Å². The van der Waals surface area contributed by atoms with E-state index >= 15 is 0 Å². The molecule has 0 aliphatic carbocycles. The van der Waals surface area contributed by atoms with E-state index in [9.17, 15) is 5.11 Å². The molecular weight excluding hydrogens is 242 g/mol. The topological polar surface area (TPSA) is 51.6 Å². The molecule has 2 rings (SSSR count). The van der Waals surface area contributed by atoms with Crippen molar-refractivity contribution >= 4 is 0 Å². The molecule has 19 heavy (non-hydrogen) atoms. The predicted octanol–water partition coefficient (Wildman–Crippen LogP) is 2.72. The third-order valence-corrected chi connectivity index (χ3v) is 3.52. The minimum atomic E-state index is -0.532. The van der Waals surface area contributed by atoms with Crippen LogP contribution in [0.25, 0.3) is 0 Å². The molecule has 0 bridgehead atoms. The van der Waals surface area contributed by atoms with Crippen molar-refractivity contribution < 1.29 is 14.6 Å². The van der Waals surface area contributed by atoms with Crippen molar-refractivity contribution in [3.63, 3.8) is 0 Å². The monoisotopic (exact) mass is 265 g/mol. The van der Waals surface area contributed by atoms with E-state index in [0.717, 1.165) is 25.0 Å². The number of hydrogen-bond donors (Lipinski definition) is 1. The van der Waals surface area contributed by atoms with Crippen LogP contribution in [0.1, 0.15) is 45.3 Å². The van der Waals surface area contributed by atoms with Crippen LogP contribution in [-0.2, 0) is 4.74 Å². The van der Waals surface area contributed by atoms with Gasteiger partial charge in [-0.1, -0.05) is 6.92 Å². The first-order valence-corrected chi connectivity index (χ1v) is 7.03. The highest BCUT2D eigenvalue weighted by atomic mass is 16.5. The maximum Gasteiger partial charge on any atom is 0.138 e. The van der Waals surface area contributed by atoms with E-state index in [1.807, 2.05) is 19.9 Å². The van der Waals surface area contributed by atoms with Crippen LogP contribution in [0.15, 0.2) is 18.5 Å². The van der Waals surface area contributed by atoms with E-state index in [-0.39, 0.29) is 18.1 Å². The van der Waals surface area contributed by atoms with Crippen LogP contribution in [0.2, 0.25) is 0 Å². The van der Waals surface area contributed by atoms with Crippen molar-refractivity contribution in [3.05, 3.63) is 24.0 Å². The molecule has 2 heterocycles. The average molecular weight is 265 g/mol. The smallest absolute Gasteiger partial charge is 0.138 e. The van der Waals surface area contributed by atoms with E-state index in [1.165, 1.54) is 0 Å². The van der Waals surface area contributed by atoms with E-state index in [4.69, 9.17) is 9.47 Å². The van der Waals surface area contributed by atoms with Crippen LogP contribution >= 0.6 is 0 Å². The first-order chi connectivity index (χ1) is 9.11. The molecule has 1 aliphatic rings. The average Bonchev–Trinajstić information content (AvgIpc) is 2.85. The van der Waals surface area contributed by atoms with Crippen LogP contribution < -0.4 is 4.74 Å². The first kappa shape index (κ1) is 14.3. The van der Waals surface area contributed by atoms with Gasteiger partial charge in [0.25, 0.3) is 0 Å². The number of rotatable bonds is 5. The molecule has 4 heteroatoms. The van der Waals surface area contributed by atoms with Gasteiger partial charge in [-0.2, -0.15) is 0 Å². The zero-order valence-corrected chi connectivity index (χ0v) is 11.9. The van der Waals surface area contributed by atoms with Gasteiger partial charge in [-0.3, -0.25) is 4.98 Å². The fourth-order valence-corrected chi connectivity index (χ4v) is 2.63. The summed E-state index contributed by atoms with van der Waals surface area (Å²) in [4.78, 5) is 4.16. The maximum atomic E-state index is 10.5. The third kappa shape index (κ3) is 3.45. The number of aliphatic hydroxyl groups is 1. The summed E-state index contributed by atoms with van der Waals surface area (Å²) in [6.07, 6.45) is 4.93. The summed E-state index contributed by atoms with van der Waals surface area (Å²) in [5.74, 6) is 0.861. The van der Waals surface area contributed by atoms with E-state index in [1.54, 1.807) is 12.4 Å². The van der Waals surface area contributed by atoms with E-state index < -0.39 is 6.10 Å². The van der Waals surface area contributed by atoms with Crippen LogP contribution in [-0.4, -0.2) is 28.9 Å². The Bertz CT molecular complexity index is 408. The highest BCUT2D eigenvalue weighted by molar-refractivity contribution is 5.26. The first-order valence-electron chi connectivity index (χ1n) is 7.03. The molecular formula is C15H23NO3. The Balaban J connectivity index is 2.12. The predicted molar refractivity (Wildman–Crippen MR) is 73.1 cm³/mol. The highest BCUT2D eigenvalue weighted by Crippen LogP contribution is 2.35. The summed E-state index contributed by atoms with van der Waals surface area (Å²) in [5.41, 5.74) is 0.812. The Morgan fingerprint density at radius 3 is 2.95 bits per heavy atom. The van der Waals surface area contributed by atoms with Crippen molar-refractivity contribution in [1.29, 1.82) is 0 Å². The molecule has 1 aromatic rings. The molecule has 0 radical (unpaired) electrons. The fraction of sp³-hybridized carbons (Fsp3) is 0.667. The SMILES string of the molecule is CCC1OCCC1C(O)c1cncc(OC(C)C)c1. The second kappa shape index (κ2) is 6.35. The zero-order chi connectivity index (χ0) is 13.8. The molecule has 0 spiro atoms. The van der Waals surface area contributed by atoms with Gasteiger partial charge < -0.3 is 14.6 Å². The Kier molecular flexibility index (Phi) is 4.77. The Morgan fingerprint density at radius 1 is 1.47 bits per heavy atom. The van der Waals surface area contributed by atoms with Gasteiger partial charge in [-0.05, 0) is 32.8 Å². The molecule has 1 N–H and O–H groups in total. The van der Waals surface area contributed by atoms with Gasteiger partial charge in [0.2, 0.25) is 0 Å². The quantitative estimate of drug-likeness (QED) is 0.889. The molecule has 3 atom stereocenters. The van der Waals surface area contributed by atoms with Crippen molar-refractivity contribution in [1.82, 2.24) is 4.98 Å². The fourth-order valence-electron chi connectivity index (χ4n) is 2.63. The lowest BCUT2D eigenvalue weighted by molar-refractivity contribution is 0.0304. The van der Waals surface area contributed by atoms with Gasteiger partial charge >= 0.3 is 0 Å². The van der Waals surface area contributed by atoms with Crippen LogP contribution in [0.4, 0.5) is 0 Å². The van der Waals surface area contributed by atoms with Crippen LogP contribution in [0.5, 0.6) is 5.75 Å². The minimum Gasteiger partial charge on any atom is -0.489 e. The number of ether oxygens (including phenoxy) is 2. The van der Waals surface area contributed by atoms with Gasteiger partial charge in [0.05, 0.1) is 24.5 Å². The van der Waals surface area contributed by atoms with Crippen LogP contribution in [0, 0.1) is 5.92 Å². The van der Waals surface area contributed by atoms with Crippen LogP contribution in [0.3, 0.4) is 0 Å². The molecule has 106 valence electrons. The lowest BCUT2D eigenvalue weighted by Crippen LogP contribution is -2.22. The van der Waals surface area contributed by atoms with Crippen molar-refractivity contribution in [2.45, 2.75) is 51.9 Å². The standard InChI is InChI=1S/C15H23NO3/c1-4-14-13(5-6-18-14)15(17)11-7-12(9-16-8-11)19-10(2)3/h7-10,13-15,17H,4-6H2,1-3H3. The van der Waals surface area contributed by atoms with Crippen molar-refractivity contribution in [2.75, 3.05) is 6.61 Å². The van der Waals surface area contributed by atoms with Crippen molar-refractivity contribution in [3.8, 4) is 5.75 Å². The lowest BCUT2D eigenvalue weighted by atomic mass is 9.89. The largest absolute Gasteiger partial charge is 0.489 e. The van der Waals surface area contributed by atoms with Crippen molar-refractivity contribution in [2.24, 2.45) is 5.92 Å². The molecule has 0 aromatic carbocycles. The Morgan fingerprint density at radius 2 is 2.26 bits per heavy atom. The number of hydrogen-bond acceptors (Lipinski definition) is 4. The number of aliphatic hydroxyl groups excluding tert-OH is 1. The summed E-state index contributed by atoms with van der Waals surface area (Å²) in [6, 6.07) is 1.88. The Labute approximate surface area is 114 Å². The molecule has 0 saturated carbocycles. The summed E-state index contributed by atoms with van der Waals surface area (Å²) >= 11 is 0. The maximum absolute atomic E-state index is 10.5. The zero-order valence-electron chi connectivity index (χ0n) is 11.9. The number of pyridine rings is 1. The lowest BCUT2D eigenvalue weighted by Gasteiger charge is -2.23. The molecule has 4 nitrogen and oxygen atoms in total. The normalized spacial score (nSPS) is 24.7. The summed E-state index contributed by atoms with van der Waals surface area (Å²) in [6.45, 7) is 6.77. The molecule has 1 fully saturated rings. The summed E-state index contributed by atoms with van der Waals surface area (Å²) in [5, 5.41) is 10.5. The molecule has 3 unspecified atom stereocenters. The second-order valence-electron chi connectivity index (χ2n) is 5.34. The minimum absolute atomic E-state index is 0.104. The van der Waals surface area contributed by atoms with E-state index in [0.29, 0.717) is 5.75 Å². The summed E-state index contributed by atoms with van der Waals surface area (Å²) in [7, 11) is 0. The van der Waals surface area contributed by atoms with Gasteiger partial charge in [-0.15, -0.1) is 0 Å². The molecule has 1 saturated heterocycles. The van der Waals surface area contributed by atoms with Gasteiger partial charge in [0.15, 0.2) is 0 Å². The third-order valence-electron chi connectivity index (χ3n) is 3.52.